The van der Waals surface area contributed by atoms with Gasteiger partial charge in [0.05, 0.1) is 35.7 Å². The largest absolute Gasteiger partial charge is 0.493 e. The molecular formula is C27H20N2O5S. The lowest BCUT2D eigenvalue weighted by Crippen LogP contribution is -2.13. The molecule has 2 aromatic heterocycles. The minimum absolute atomic E-state index is 0.185. The first-order chi connectivity index (χ1) is 16.9. The van der Waals surface area contributed by atoms with Gasteiger partial charge in [0.1, 0.15) is 0 Å². The van der Waals surface area contributed by atoms with Gasteiger partial charge in [0.2, 0.25) is 0 Å². The quantitative estimate of drug-likeness (QED) is 0.354. The van der Waals surface area contributed by atoms with Gasteiger partial charge in [-0.2, -0.15) is 0 Å². The molecule has 4 aromatic carbocycles. The van der Waals surface area contributed by atoms with Gasteiger partial charge in [-0.25, -0.2) is 12.4 Å². The number of H-pyrrole nitrogens is 1. The van der Waals surface area contributed by atoms with Crippen molar-refractivity contribution in [2.75, 3.05) is 14.2 Å². The highest BCUT2D eigenvalue weighted by Crippen LogP contribution is 2.38. The van der Waals surface area contributed by atoms with Crippen LogP contribution in [0.15, 0.2) is 88.6 Å². The summed E-state index contributed by atoms with van der Waals surface area (Å²) in [5.41, 5.74) is 1.32. The number of ether oxygens (including phenoxy) is 2. The van der Waals surface area contributed by atoms with Crippen molar-refractivity contribution >= 4 is 53.5 Å². The average molecular weight is 485 g/mol. The summed E-state index contributed by atoms with van der Waals surface area (Å²) in [5, 5.41) is 3.21. The van der Waals surface area contributed by atoms with Crippen LogP contribution in [0.2, 0.25) is 0 Å². The molecule has 0 aliphatic rings. The number of methoxy groups -OCH3 is 2. The maximum Gasteiger partial charge on any atom is 0.268 e. The van der Waals surface area contributed by atoms with Gasteiger partial charge in [-0.15, -0.1) is 0 Å². The van der Waals surface area contributed by atoms with E-state index >= 15 is 0 Å². The number of hydrogen-bond acceptors (Lipinski definition) is 5. The van der Waals surface area contributed by atoms with Crippen LogP contribution in [0.5, 0.6) is 11.5 Å². The lowest BCUT2D eigenvalue weighted by molar-refractivity contribution is 0.356. The Morgan fingerprint density at radius 1 is 0.686 bits per heavy atom. The van der Waals surface area contributed by atoms with E-state index in [0.29, 0.717) is 49.6 Å². The van der Waals surface area contributed by atoms with E-state index < -0.39 is 10.0 Å². The van der Waals surface area contributed by atoms with Crippen LogP contribution in [-0.4, -0.2) is 31.6 Å². The number of nitrogens with one attached hydrogen (secondary N) is 1. The summed E-state index contributed by atoms with van der Waals surface area (Å²) in [6.45, 7) is 0. The third-order valence-electron chi connectivity index (χ3n) is 6.36. The van der Waals surface area contributed by atoms with Gasteiger partial charge < -0.3 is 14.5 Å². The summed E-state index contributed by atoms with van der Waals surface area (Å²) in [7, 11) is -0.850. The van der Waals surface area contributed by atoms with Crippen molar-refractivity contribution in [3.8, 4) is 11.5 Å². The Bertz CT molecular complexity index is 1960. The number of hydrogen-bond donors (Lipinski definition) is 1. The Hall–Kier alpha value is -4.30. The van der Waals surface area contributed by atoms with Crippen molar-refractivity contribution in [3.63, 3.8) is 0 Å². The summed E-state index contributed by atoms with van der Waals surface area (Å²) >= 11 is 0. The lowest BCUT2D eigenvalue weighted by atomic mass is 10.0. The Labute approximate surface area is 200 Å². The molecule has 35 heavy (non-hydrogen) atoms. The molecule has 0 aliphatic heterocycles. The van der Waals surface area contributed by atoms with E-state index in [9.17, 15) is 13.2 Å². The fraction of sp³-hybridized carbons (Fsp3) is 0.0741. The molecule has 174 valence electrons. The standard InChI is InChI=1S/C27H20N2O5S/c1-33-25-14-19-18-13-24-20(12-21(18)27(30)28-22(19)15-26(25)34-2)17-10-6-7-11-23(17)29(24)35(31,32)16-8-4-3-5-9-16/h3-15H,1-2H3,(H,28,30). The topological polar surface area (TPSA) is 90.4 Å². The van der Waals surface area contributed by atoms with E-state index in [2.05, 4.69) is 4.98 Å². The second kappa shape index (κ2) is 7.61. The predicted molar refractivity (Wildman–Crippen MR) is 137 cm³/mol. The highest BCUT2D eigenvalue weighted by atomic mass is 32.2. The average Bonchev–Trinajstić information content (AvgIpc) is 3.22. The van der Waals surface area contributed by atoms with Gasteiger partial charge in [0, 0.05) is 27.6 Å². The zero-order valence-electron chi connectivity index (χ0n) is 18.9. The van der Waals surface area contributed by atoms with E-state index in [1.165, 1.54) is 11.1 Å². The molecule has 0 radical (unpaired) electrons. The molecule has 0 atom stereocenters. The van der Waals surface area contributed by atoms with Crippen molar-refractivity contribution in [3.05, 3.63) is 89.2 Å². The summed E-state index contributed by atoms with van der Waals surface area (Å²) in [4.78, 5) is 16.2. The number of para-hydroxylation sites is 1. The molecule has 6 aromatic rings. The van der Waals surface area contributed by atoms with E-state index in [4.69, 9.17) is 9.47 Å². The number of fused-ring (bicyclic) bond motifs is 6. The fourth-order valence-corrected chi connectivity index (χ4v) is 6.28. The molecule has 7 nitrogen and oxygen atoms in total. The molecule has 0 bridgehead atoms. The van der Waals surface area contributed by atoms with Gasteiger partial charge in [-0.3, -0.25) is 4.79 Å². The van der Waals surface area contributed by atoms with Crippen LogP contribution < -0.4 is 15.0 Å². The van der Waals surface area contributed by atoms with Gasteiger partial charge in [-0.05, 0) is 41.8 Å². The fourth-order valence-electron chi connectivity index (χ4n) is 4.74. The first-order valence-corrected chi connectivity index (χ1v) is 12.3. The number of nitrogens with zero attached hydrogens (tertiary/aromatic N) is 1. The SMILES string of the molecule is COc1cc2[nH]c(=O)c3cc4c5ccccc5n(S(=O)(=O)c5ccccc5)c4cc3c2cc1OC. The lowest BCUT2D eigenvalue weighted by Gasteiger charge is -2.12. The Morgan fingerprint density at radius 3 is 2.11 bits per heavy atom. The number of rotatable bonds is 4. The number of pyridine rings is 1. The second-order valence-electron chi connectivity index (χ2n) is 8.22. The number of benzene rings is 4. The Morgan fingerprint density at radius 2 is 1.37 bits per heavy atom. The molecule has 1 N–H and O–H groups in total. The smallest absolute Gasteiger partial charge is 0.268 e. The minimum atomic E-state index is -3.92. The van der Waals surface area contributed by atoms with Crippen LogP contribution >= 0.6 is 0 Å². The maximum absolute atomic E-state index is 13.8. The van der Waals surface area contributed by atoms with Crippen LogP contribution in [0.1, 0.15) is 0 Å². The van der Waals surface area contributed by atoms with Crippen molar-refractivity contribution in [1.82, 2.24) is 8.96 Å². The van der Waals surface area contributed by atoms with Crippen LogP contribution in [0.3, 0.4) is 0 Å². The highest BCUT2D eigenvalue weighted by Gasteiger charge is 2.24. The molecule has 0 spiro atoms. The van der Waals surface area contributed by atoms with Gasteiger partial charge in [0.25, 0.3) is 15.6 Å². The van der Waals surface area contributed by atoms with Crippen LogP contribution in [0, 0.1) is 0 Å². The van der Waals surface area contributed by atoms with Gasteiger partial charge in [0.15, 0.2) is 11.5 Å². The van der Waals surface area contributed by atoms with E-state index in [1.807, 2.05) is 12.1 Å². The second-order valence-corrected chi connectivity index (χ2v) is 10.0. The Balaban J connectivity index is 1.82. The van der Waals surface area contributed by atoms with Gasteiger partial charge in [-0.1, -0.05) is 36.4 Å². The molecule has 0 aliphatic carbocycles. The first kappa shape index (κ1) is 21.2. The highest BCUT2D eigenvalue weighted by molar-refractivity contribution is 7.90. The van der Waals surface area contributed by atoms with Crippen molar-refractivity contribution in [2.45, 2.75) is 4.90 Å². The van der Waals surface area contributed by atoms with E-state index in [-0.39, 0.29) is 10.5 Å². The summed E-state index contributed by atoms with van der Waals surface area (Å²) < 4.78 is 39.9. The number of aromatic nitrogens is 2. The molecule has 0 saturated carbocycles. The summed E-state index contributed by atoms with van der Waals surface area (Å²) in [6, 6.07) is 22.7. The Kier molecular flexibility index (Phi) is 4.62. The maximum atomic E-state index is 13.8. The molecule has 0 amide bonds. The van der Waals surface area contributed by atoms with Crippen LogP contribution in [0.25, 0.3) is 43.5 Å². The summed E-state index contributed by atoms with van der Waals surface area (Å²) in [6.07, 6.45) is 0. The van der Waals surface area contributed by atoms with Crippen molar-refractivity contribution in [1.29, 1.82) is 0 Å². The monoisotopic (exact) mass is 484 g/mol. The normalized spacial score (nSPS) is 12.1. The third-order valence-corrected chi connectivity index (χ3v) is 8.10. The summed E-state index contributed by atoms with van der Waals surface area (Å²) in [5.74, 6) is 0.989. The van der Waals surface area contributed by atoms with E-state index in [0.717, 1.165) is 5.39 Å². The van der Waals surface area contributed by atoms with Crippen LogP contribution in [0.4, 0.5) is 0 Å². The molecule has 0 fully saturated rings. The van der Waals surface area contributed by atoms with E-state index in [1.54, 1.807) is 73.8 Å². The first-order valence-electron chi connectivity index (χ1n) is 10.9. The third kappa shape index (κ3) is 3.03. The zero-order valence-corrected chi connectivity index (χ0v) is 19.7. The zero-order chi connectivity index (χ0) is 24.3. The van der Waals surface area contributed by atoms with Crippen molar-refractivity contribution < 1.29 is 17.9 Å². The van der Waals surface area contributed by atoms with Crippen molar-refractivity contribution in [2.24, 2.45) is 0 Å². The predicted octanol–water partition coefficient (Wildman–Crippen LogP) is 5.04. The molecule has 0 unspecified atom stereocenters. The molecule has 2 heterocycles. The number of aromatic amines is 1. The minimum Gasteiger partial charge on any atom is -0.493 e. The molecule has 6 rings (SSSR count). The van der Waals surface area contributed by atoms with Crippen LogP contribution in [-0.2, 0) is 10.0 Å². The molecule has 0 saturated heterocycles. The molecule has 8 heteroatoms. The molecular weight excluding hydrogens is 464 g/mol. The van der Waals surface area contributed by atoms with Gasteiger partial charge >= 0.3 is 0 Å².